The van der Waals surface area contributed by atoms with Crippen LogP contribution in [0.5, 0.6) is 0 Å². The van der Waals surface area contributed by atoms with Crippen LogP contribution in [0.15, 0.2) is 70.6 Å². The lowest BCUT2D eigenvalue weighted by molar-refractivity contribution is 0.0686. The van der Waals surface area contributed by atoms with Gasteiger partial charge in [0.2, 0.25) is 0 Å². The Labute approximate surface area is 171 Å². The van der Waals surface area contributed by atoms with Crippen molar-refractivity contribution in [1.29, 1.82) is 0 Å². The summed E-state index contributed by atoms with van der Waals surface area (Å²) in [4.78, 5) is 31.6. The van der Waals surface area contributed by atoms with Crippen LogP contribution in [-0.4, -0.2) is 33.6 Å². The number of fused-ring (bicyclic) bond motifs is 2. The van der Waals surface area contributed by atoms with Gasteiger partial charge in [0, 0.05) is 12.8 Å². The van der Waals surface area contributed by atoms with Crippen molar-refractivity contribution in [3.05, 3.63) is 94.0 Å². The average molecular weight is 396 g/mol. The highest BCUT2D eigenvalue weighted by Gasteiger charge is 2.20. The van der Waals surface area contributed by atoms with E-state index in [0.29, 0.717) is 12.8 Å². The van der Waals surface area contributed by atoms with Gasteiger partial charge in [-0.3, -0.25) is 9.98 Å². The Morgan fingerprint density at radius 1 is 0.633 bits per heavy atom. The van der Waals surface area contributed by atoms with Gasteiger partial charge in [-0.1, -0.05) is 24.3 Å². The molecule has 2 N–H and O–H groups in total. The second kappa shape index (κ2) is 6.77. The summed E-state index contributed by atoms with van der Waals surface area (Å²) in [6.45, 7) is 0. The summed E-state index contributed by atoms with van der Waals surface area (Å²) in [6.07, 6.45) is 1.19. The lowest BCUT2D eigenvalue weighted by Gasteiger charge is -2.04. The third kappa shape index (κ3) is 3.08. The summed E-state index contributed by atoms with van der Waals surface area (Å²) >= 11 is 0. The van der Waals surface area contributed by atoms with Crippen LogP contribution in [0.3, 0.4) is 0 Å². The number of carboxylic acid groups (broad SMARTS) is 2. The molecule has 0 unspecified atom stereocenters. The average Bonchev–Trinajstić information content (AvgIpc) is 3.36. The van der Waals surface area contributed by atoms with E-state index in [9.17, 15) is 9.59 Å². The molecule has 3 aromatic carbocycles. The summed E-state index contributed by atoms with van der Waals surface area (Å²) in [5, 5.41) is 18.3. The maximum absolute atomic E-state index is 11.2. The Bertz CT molecular complexity index is 1190. The quantitative estimate of drug-likeness (QED) is 0.681. The van der Waals surface area contributed by atoms with Gasteiger partial charge in [0.15, 0.2) is 0 Å². The van der Waals surface area contributed by atoms with Crippen molar-refractivity contribution in [3.8, 4) is 0 Å². The van der Waals surface area contributed by atoms with Gasteiger partial charge < -0.3 is 10.2 Å². The SMILES string of the molecule is O=C(O)c1ccc2c(c1)CC(c1ccc(C3=Nc4ccc(C(=O)O)cc4C3)cc1)=N2. The van der Waals surface area contributed by atoms with Crippen LogP contribution >= 0.6 is 0 Å². The predicted octanol–water partition coefficient (Wildman–Crippen LogP) is 4.44. The third-order valence-corrected chi connectivity index (χ3v) is 5.43. The van der Waals surface area contributed by atoms with Crippen LogP contribution < -0.4 is 0 Å². The standard InChI is InChI=1S/C24H16N2O4/c27-23(28)15-5-7-19-17(9-15)11-21(25-19)13-1-2-14(4-3-13)22-12-18-10-16(24(29)30)6-8-20(18)26-22/h1-10H,11-12H2,(H,27,28)(H,29,30). The van der Waals surface area contributed by atoms with Crippen molar-refractivity contribution in [3.63, 3.8) is 0 Å². The molecular weight excluding hydrogens is 380 g/mol. The molecule has 0 fully saturated rings. The van der Waals surface area contributed by atoms with Crippen molar-refractivity contribution in [1.82, 2.24) is 0 Å². The molecule has 0 spiro atoms. The molecular formula is C24H16N2O4. The van der Waals surface area contributed by atoms with E-state index in [1.807, 2.05) is 24.3 Å². The van der Waals surface area contributed by atoms with Crippen LogP contribution in [-0.2, 0) is 12.8 Å². The minimum absolute atomic E-state index is 0.269. The maximum atomic E-state index is 11.2. The minimum atomic E-state index is -0.940. The number of hydrogen-bond donors (Lipinski definition) is 2. The zero-order valence-electron chi connectivity index (χ0n) is 15.8. The van der Waals surface area contributed by atoms with Crippen molar-refractivity contribution in [2.24, 2.45) is 9.98 Å². The highest BCUT2D eigenvalue weighted by atomic mass is 16.4. The lowest BCUT2D eigenvalue weighted by atomic mass is 9.99. The molecule has 146 valence electrons. The fourth-order valence-electron chi connectivity index (χ4n) is 3.86. The summed E-state index contributed by atoms with van der Waals surface area (Å²) in [5.74, 6) is -1.88. The van der Waals surface area contributed by atoms with Crippen molar-refractivity contribution in [2.75, 3.05) is 0 Å². The largest absolute Gasteiger partial charge is 0.478 e. The van der Waals surface area contributed by atoms with Gasteiger partial charge in [-0.05, 0) is 58.7 Å². The predicted molar refractivity (Wildman–Crippen MR) is 113 cm³/mol. The molecule has 2 aliphatic heterocycles. The number of nitrogens with zero attached hydrogens (tertiary/aromatic N) is 2. The van der Waals surface area contributed by atoms with Gasteiger partial charge in [0.25, 0.3) is 0 Å². The van der Waals surface area contributed by atoms with E-state index in [1.54, 1.807) is 36.4 Å². The molecule has 0 saturated carbocycles. The van der Waals surface area contributed by atoms with E-state index in [0.717, 1.165) is 45.1 Å². The molecule has 2 heterocycles. The normalized spacial score (nSPS) is 14.0. The van der Waals surface area contributed by atoms with E-state index in [1.165, 1.54) is 0 Å². The molecule has 0 bridgehead atoms. The van der Waals surface area contributed by atoms with Crippen molar-refractivity contribution in [2.45, 2.75) is 12.8 Å². The molecule has 30 heavy (non-hydrogen) atoms. The highest BCUT2D eigenvalue weighted by molar-refractivity contribution is 6.09. The first kappa shape index (κ1) is 18.0. The Morgan fingerprint density at radius 3 is 1.40 bits per heavy atom. The number of hydrogen-bond acceptors (Lipinski definition) is 4. The second-order valence-electron chi connectivity index (χ2n) is 7.35. The van der Waals surface area contributed by atoms with Crippen LogP contribution in [0.1, 0.15) is 43.0 Å². The van der Waals surface area contributed by atoms with E-state index in [2.05, 4.69) is 9.98 Å². The van der Waals surface area contributed by atoms with E-state index < -0.39 is 11.9 Å². The van der Waals surface area contributed by atoms with Gasteiger partial charge in [-0.2, -0.15) is 0 Å². The molecule has 0 atom stereocenters. The number of carboxylic acids is 2. The molecule has 0 aromatic heterocycles. The van der Waals surface area contributed by atoms with Crippen LogP contribution in [0.4, 0.5) is 11.4 Å². The molecule has 3 aromatic rings. The number of benzene rings is 3. The smallest absolute Gasteiger partial charge is 0.335 e. The monoisotopic (exact) mass is 396 g/mol. The van der Waals surface area contributed by atoms with Gasteiger partial charge in [-0.15, -0.1) is 0 Å². The lowest BCUT2D eigenvalue weighted by Crippen LogP contribution is -2.04. The van der Waals surface area contributed by atoms with Crippen molar-refractivity contribution < 1.29 is 19.8 Å². The molecule has 6 heteroatoms. The zero-order chi connectivity index (χ0) is 20.8. The topological polar surface area (TPSA) is 99.3 Å². The number of rotatable bonds is 4. The minimum Gasteiger partial charge on any atom is -0.478 e. The molecule has 6 nitrogen and oxygen atoms in total. The first-order chi connectivity index (χ1) is 14.5. The Balaban J connectivity index is 1.36. The fraction of sp³-hybridized carbons (Fsp3) is 0.0833. The van der Waals surface area contributed by atoms with Crippen molar-refractivity contribution >= 4 is 34.7 Å². The van der Waals surface area contributed by atoms with E-state index in [-0.39, 0.29) is 11.1 Å². The van der Waals surface area contributed by atoms with Gasteiger partial charge in [0.05, 0.1) is 33.9 Å². The van der Waals surface area contributed by atoms with Gasteiger partial charge in [0.1, 0.15) is 0 Å². The number of carbonyl (C=O) groups is 2. The second-order valence-corrected chi connectivity index (χ2v) is 7.35. The van der Waals surface area contributed by atoms with Gasteiger partial charge in [-0.25, -0.2) is 9.59 Å². The third-order valence-electron chi connectivity index (χ3n) is 5.43. The fourth-order valence-corrected chi connectivity index (χ4v) is 3.86. The first-order valence-electron chi connectivity index (χ1n) is 9.46. The van der Waals surface area contributed by atoms with E-state index >= 15 is 0 Å². The summed E-state index contributed by atoms with van der Waals surface area (Å²) < 4.78 is 0. The number of aromatic carboxylic acids is 2. The Kier molecular flexibility index (Phi) is 4.06. The van der Waals surface area contributed by atoms with Gasteiger partial charge >= 0.3 is 11.9 Å². The molecule has 0 radical (unpaired) electrons. The highest BCUT2D eigenvalue weighted by Crippen LogP contribution is 2.32. The molecule has 2 aliphatic rings. The molecule has 0 saturated heterocycles. The maximum Gasteiger partial charge on any atom is 0.335 e. The first-order valence-corrected chi connectivity index (χ1v) is 9.46. The van der Waals surface area contributed by atoms with E-state index in [4.69, 9.17) is 10.2 Å². The Hall–Kier alpha value is -4.06. The molecule has 0 amide bonds. The van der Waals surface area contributed by atoms with Crippen LogP contribution in [0.25, 0.3) is 0 Å². The summed E-state index contributed by atoms with van der Waals surface area (Å²) in [7, 11) is 0. The van der Waals surface area contributed by atoms with Crippen LogP contribution in [0, 0.1) is 0 Å². The van der Waals surface area contributed by atoms with Crippen LogP contribution in [0.2, 0.25) is 0 Å². The Morgan fingerprint density at radius 2 is 1.03 bits per heavy atom. The molecule has 5 rings (SSSR count). The summed E-state index contributed by atoms with van der Waals surface area (Å²) in [6, 6.07) is 18.0. The molecule has 0 aliphatic carbocycles. The number of aliphatic imine (C=N–C) groups is 2. The zero-order valence-corrected chi connectivity index (χ0v) is 15.8. The summed E-state index contributed by atoms with van der Waals surface area (Å²) in [5.41, 5.74) is 7.76.